The standard InChI is InChI=1S/C23H26N2O3/c1-18-8-10-19(11-9-18)21(26)12-13-22(27)24-14-5-15-25(17-16-24)23(28)20-6-3-2-4-7-20/h2-4,6-11H,5,12-17H2,1H3. The van der Waals surface area contributed by atoms with Crippen LogP contribution in [0.2, 0.25) is 0 Å². The fourth-order valence-corrected chi connectivity index (χ4v) is 3.40. The number of nitrogens with zero attached hydrogens (tertiary/aromatic N) is 2. The summed E-state index contributed by atoms with van der Waals surface area (Å²) in [6.45, 7) is 4.26. The lowest BCUT2D eigenvalue weighted by molar-refractivity contribution is -0.131. The maximum Gasteiger partial charge on any atom is 0.253 e. The summed E-state index contributed by atoms with van der Waals surface area (Å²) in [6.07, 6.45) is 1.17. The number of rotatable bonds is 5. The largest absolute Gasteiger partial charge is 0.341 e. The number of aryl methyl sites for hydroxylation is 1. The fraction of sp³-hybridized carbons (Fsp3) is 0.348. The van der Waals surface area contributed by atoms with E-state index in [-0.39, 0.29) is 30.4 Å². The summed E-state index contributed by atoms with van der Waals surface area (Å²) in [6, 6.07) is 16.6. The van der Waals surface area contributed by atoms with E-state index in [1.807, 2.05) is 49.4 Å². The van der Waals surface area contributed by atoms with Gasteiger partial charge in [0.2, 0.25) is 5.91 Å². The Hall–Kier alpha value is -2.95. The molecular formula is C23H26N2O3. The minimum Gasteiger partial charge on any atom is -0.341 e. The van der Waals surface area contributed by atoms with Crippen LogP contribution in [0.4, 0.5) is 0 Å². The molecule has 3 rings (SSSR count). The first-order valence-electron chi connectivity index (χ1n) is 9.76. The molecule has 0 N–H and O–H groups in total. The van der Waals surface area contributed by atoms with E-state index >= 15 is 0 Å². The highest BCUT2D eigenvalue weighted by Gasteiger charge is 2.23. The number of amides is 2. The van der Waals surface area contributed by atoms with Gasteiger partial charge in [-0.2, -0.15) is 0 Å². The summed E-state index contributed by atoms with van der Waals surface area (Å²) in [4.78, 5) is 41.0. The predicted molar refractivity (Wildman–Crippen MR) is 108 cm³/mol. The second-order valence-electron chi connectivity index (χ2n) is 7.18. The molecule has 1 fully saturated rings. The van der Waals surface area contributed by atoms with Crippen LogP contribution in [0.25, 0.3) is 0 Å². The van der Waals surface area contributed by atoms with Gasteiger partial charge < -0.3 is 9.80 Å². The van der Waals surface area contributed by atoms with E-state index in [1.54, 1.807) is 21.9 Å². The van der Waals surface area contributed by atoms with Crippen LogP contribution >= 0.6 is 0 Å². The Kier molecular flexibility index (Phi) is 6.58. The van der Waals surface area contributed by atoms with Gasteiger partial charge in [0.1, 0.15) is 0 Å². The van der Waals surface area contributed by atoms with Gasteiger partial charge in [0.15, 0.2) is 5.78 Å². The quantitative estimate of drug-likeness (QED) is 0.750. The van der Waals surface area contributed by atoms with Crippen molar-refractivity contribution in [2.45, 2.75) is 26.2 Å². The van der Waals surface area contributed by atoms with E-state index in [9.17, 15) is 14.4 Å². The molecule has 2 amide bonds. The Labute approximate surface area is 166 Å². The topological polar surface area (TPSA) is 57.7 Å². The van der Waals surface area contributed by atoms with Crippen LogP contribution in [0.15, 0.2) is 54.6 Å². The number of Topliss-reactive ketones (excluding diaryl/α,β-unsaturated/α-hetero) is 1. The SMILES string of the molecule is Cc1ccc(C(=O)CCC(=O)N2CCCN(C(=O)c3ccccc3)CC2)cc1. The van der Waals surface area contributed by atoms with Gasteiger partial charge in [-0.1, -0.05) is 48.0 Å². The van der Waals surface area contributed by atoms with Gasteiger partial charge in [0, 0.05) is 50.1 Å². The molecule has 0 bridgehead atoms. The number of benzene rings is 2. The first-order valence-corrected chi connectivity index (χ1v) is 9.76. The highest BCUT2D eigenvalue weighted by atomic mass is 16.2. The fourth-order valence-electron chi connectivity index (χ4n) is 3.40. The van der Waals surface area contributed by atoms with Gasteiger partial charge in [0.25, 0.3) is 5.91 Å². The average Bonchev–Trinajstić information content (AvgIpc) is 2.99. The highest BCUT2D eigenvalue weighted by Crippen LogP contribution is 2.12. The molecule has 0 saturated carbocycles. The maximum absolute atomic E-state index is 12.6. The van der Waals surface area contributed by atoms with Crippen LogP contribution in [0.5, 0.6) is 0 Å². The molecule has 0 radical (unpaired) electrons. The highest BCUT2D eigenvalue weighted by molar-refractivity contribution is 5.98. The molecule has 146 valence electrons. The van der Waals surface area contributed by atoms with Gasteiger partial charge >= 0.3 is 0 Å². The second kappa shape index (κ2) is 9.31. The Bertz CT molecular complexity index is 831. The molecule has 0 spiro atoms. The van der Waals surface area contributed by atoms with E-state index < -0.39 is 0 Å². The predicted octanol–water partition coefficient (Wildman–Crippen LogP) is 3.33. The lowest BCUT2D eigenvalue weighted by atomic mass is 10.0. The number of hydrogen-bond donors (Lipinski definition) is 0. The molecule has 5 nitrogen and oxygen atoms in total. The third-order valence-corrected chi connectivity index (χ3v) is 5.10. The van der Waals surface area contributed by atoms with E-state index in [0.29, 0.717) is 37.3 Å². The molecule has 0 atom stereocenters. The van der Waals surface area contributed by atoms with Gasteiger partial charge in [-0.25, -0.2) is 0 Å². The molecule has 1 saturated heterocycles. The Balaban J connectivity index is 1.50. The molecule has 0 aromatic heterocycles. The first-order chi connectivity index (χ1) is 13.5. The molecule has 28 heavy (non-hydrogen) atoms. The zero-order chi connectivity index (χ0) is 19.9. The maximum atomic E-state index is 12.6. The van der Waals surface area contributed by atoms with Crippen molar-refractivity contribution in [3.05, 3.63) is 71.3 Å². The summed E-state index contributed by atoms with van der Waals surface area (Å²) in [7, 11) is 0. The summed E-state index contributed by atoms with van der Waals surface area (Å²) in [5.74, 6) is -0.0250. The van der Waals surface area contributed by atoms with E-state index in [1.165, 1.54) is 0 Å². The number of hydrogen-bond acceptors (Lipinski definition) is 3. The minimum atomic E-state index is -0.0190. The zero-order valence-electron chi connectivity index (χ0n) is 16.3. The van der Waals surface area contributed by atoms with Gasteiger partial charge in [0.05, 0.1) is 0 Å². The smallest absolute Gasteiger partial charge is 0.253 e. The molecule has 1 aliphatic rings. The number of ketones is 1. The summed E-state index contributed by atoms with van der Waals surface area (Å²) in [5.41, 5.74) is 2.42. The van der Waals surface area contributed by atoms with Crippen molar-refractivity contribution in [2.24, 2.45) is 0 Å². The van der Waals surface area contributed by atoms with Crippen LogP contribution in [0.1, 0.15) is 45.5 Å². The molecule has 2 aromatic rings. The summed E-state index contributed by atoms with van der Waals surface area (Å²) < 4.78 is 0. The lowest BCUT2D eigenvalue weighted by Gasteiger charge is -2.22. The number of carbonyl (C=O) groups excluding carboxylic acids is 3. The van der Waals surface area contributed by atoms with Gasteiger partial charge in [-0.15, -0.1) is 0 Å². The zero-order valence-corrected chi connectivity index (χ0v) is 16.3. The first kappa shape index (κ1) is 19.8. The third-order valence-electron chi connectivity index (χ3n) is 5.10. The van der Waals surface area contributed by atoms with Crippen molar-refractivity contribution in [2.75, 3.05) is 26.2 Å². The van der Waals surface area contributed by atoms with E-state index in [4.69, 9.17) is 0 Å². The van der Waals surface area contributed by atoms with Crippen molar-refractivity contribution in [1.82, 2.24) is 9.80 Å². The molecule has 1 aliphatic heterocycles. The third kappa shape index (κ3) is 5.06. The van der Waals surface area contributed by atoms with Crippen molar-refractivity contribution in [3.8, 4) is 0 Å². The van der Waals surface area contributed by atoms with Crippen molar-refractivity contribution < 1.29 is 14.4 Å². The van der Waals surface area contributed by atoms with Gasteiger partial charge in [-0.3, -0.25) is 14.4 Å². The monoisotopic (exact) mass is 378 g/mol. The van der Waals surface area contributed by atoms with Crippen molar-refractivity contribution in [3.63, 3.8) is 0 Å². The Morgan fingerprint density at radius 1 is 0.750 bits per heavy atom. The van der Waals surface area contributed by atoms with Crippen LogP contribution in [0.3, 0.4) is 0 Å². The average molecular weight is 378 g/mol. The lowest BCUT2D eigenvalue weighted by Crippen LogP contribution is -2.37. The molecule has 1 heterocycles. The summed E-state index contributed by atoms with van der Waals surface area (Å²) >= 11 is 0. The Morgan fingerprint density at radius 3 is 2.11 bits per heavy atom. The van der Waals surface area contributed by atoms with Crippen molar-refractivity contribution in [1.29, 1.82) is 0 Å². The summed E-state index contributed by atoms with van der Waals surface area (Å²) in [5, 5.41) is 0. The normalized spacial score (nSPS) is 14.5. The second-order valence-corrected chi connectivity index (χ2v) is 7.18. The Morgan fingerprint density at radius 2 is 1.39 bits per heavy atom. The van der Waals surface area contributed by atoms with Crippen molar-refractivity contribution >= 4 is 17.6 Å². The molecule has 0 unspecified atom stereocenters. The van der Waals surface area contributed by atoms with Crippen LogP contribution in [-0.2, 0) is 4.79 Å². The van der Waals surface area contributed by atoms with Gasteiger partial charge in [-0.05, 0) is 25.5 Å². The molecule has 0 aliphatic carbocycles. The van der Waals surface area contributed by atoms with E-state index in [0.717, 1.165) is 12.0 Å². The van der Waals surface area contributed by atoms with Crippen LogP contribution < -0.4 is 0 Å². The van der Waals surface area contributed by atoms with Crippen LogP contribution in [-0.4, -0.2) is 53.6 Å². The molecular weight excluding hydrogens is 352 g/mol. The minimum absolute atomic E-state index is 0.00412. The molecule has 5 heteroatoms. The number of carbonyl (C=O) groups is 3. The van der Waals surface area contributed by atoms with E-state index in [2.05, 4.69) is 0 Å². The molecule has 2 aromatic carbocycles. The van der Waals surface area contributed by atoms with Crippen LogP contribution in [0, 0.1) is 6.92 Å².